The molecule has 0 N–H and O–H groups in total. The second-order valence-corrected chi connectivity index (χ2v) is 6.16. The molecule has 0 saturated heterocycles. The molecule has 0 bridgehead atoms. The Balaban J connectivity index is 2.01. The van der Waals surface area contributed by atoms with Gasteiger partial charge in [-0.15, -0.1) is 0 Å². The second-order valence-electron chi connectivity index (χ2n) is 6.16. The molecule has 0 amide bonds. The quantitative estimate of drug-likeness (QED) is 0.610. The summed E-state index contributed by atoms with van der Waals surface area (Å²) in [4.78, 5) is 8.91. The molecule has 5 nitrogen and oxygen atoms in total. The van der Waals surface area contributed by atoms with Gasteiger partial charge in [-0.25, -0.2) is 4.98 Å². The lowest BCUT2D eigenvalue weighted by Gasteiger charge is -2.06. The zero-order valence-electron chi connectivity index (χ0n) is 14.7. The summed E-state index contributed by atoms with van der Waals surface area (Å²) in [5.74, 6) is 1.14. The number of hydrogen-bond donors (Lipinski definition) is 0. The van der Waals surface area contributed by atoms with E-state index >= 15 is 0 Å². The Morgan fingerprint density at radius 3 is 2.67 bits per heavy atom. The van der Waals surface area contributed by atoms with Gasteiger partial charge in [0.25, 0.3) is 5.88 Å². The summed E-state index contributed by atoms with van der Waals surface area (Å²) in [6.45, 7) is 8.79. The Labute approximate surface area is 142 Å². The summed E-state index contributed by atoms with van der Waals surface area (Å²) in [5.41, 5.74) is 5.36. The Morgan fingerprint density at radius 2 is 1.92 bits per heavy atom. The van der Waals surface area contributed by atoms with E-state index in [2.05, 4.69) is 54.1 Å². The van der Waals surface area contributed by atoms with E-state index < -0.39 is 0 Å². The molecular formula is C19H23N3O2. The van der Waals surface area contributed by atoms with Crippen LogP contribution < -0.4 is 4.74 Å². The maximum Gasteiger partial charge on any atom is 0.264 e. The first kappa shape index (κ1) is 16.4. The van der Waals surface area contributed by atoms with Crippen LogP contribution in [0, 0.1) is 20.8 Å². The maximum absolute atomic E-state index is 5.82. The molecular weight excluding hydrogens is 302 g/mol. The Bertz CT molecular complexity index is 855. The fraction of sp³-hybridized carbons (Fsp3) is 0.421. The van der Waals surface area contributed by atoms with Crippen molar-refractivity contribution in [3.63, 3.8) is 0 Å². The van der Waals surface area contributed by atoms with E-state index in [0.29, 0.717) is 29.4 Å². The van der Waals surface area contributed by atoms with Crippen LogP contribution >= 0.6 is 0 Å². The third kappa shape index (κ3) is 3.25. The number of unbranched alkanes of at least 4 members (excludes halogenated alkanes) is 2. The van der Waals surface area contributed by atoms with Gasteiger partial charge in [0.1, 0.15) is 17.0 Å². The molecule has 0 fully saturated rings. The average molecular weight is 325 g/mol. The van der Waals surface area contributed by atoms with Gasteiger partial charge in [-0.05, 0) is 32.8 Å². The van der Waals surface area contributed by atoms with Gasteiger partial charge in [0.15, 0.2) is 0 Å². The van der Waals surface area contributed by atoms with Crippen molar-refractivity contribution in [3.8, 4) is 17.1 Å². The molecule has 24 heavy (non-hydrogen) atoms. The van der Waals surface area contributed by atoms with Crippen molar-refractivity contribution in [2.24, 2.45) is 0 Å². The lowest BCUT2D eigenvalue weighted by atomic mass is 10.0. The molecule has 0 atom stereocenters. The van der Waals surface area contributed by atoms with Crippen LogP contribution in [0.25, 0.3) is 22.4 Å². The van der Waals surface area contributed by atoms with Crippen molar-refractivity contribution in [2.45, 2.75) is 47.0 Å². The first-order chi connectivity index (χ1) is 11.6. The third-order valence-electron chi connectivity index (χ3n) is 4.02. The van der Waals surface area contributed by atoms with Crippen LogP contribution in [0.4, 0.5) is 0 Å². The summed E-state index contributed by atoms with van der Waals surface area (Å²) in [6.07, 6.45) is 3.29. The molecule has 126 valence electrons. The number of aryl methyl sites for hydroxylation is 3. The second kappa shape index (κ2) is 6.99. The van der Waals surface area contributed by atoms with Gasteiger partial charge >= 0.3 is 0 Å². The van der Waals surface area contributed by atoms with E-state index in [0.717, 1.165) is 36.1 Å². The van der Waals surface area contributed by atoms with Gasteiger partial charge in [-0.2, -0.15) is 4.98 Å². The van der Waals surface area contributed by atoms with Gasteiger partial charge < -0.3 is 9.26 Å². The van der Waals surface area contributed by atoms with E-state index in [1.54, 1.807) is 0 Å². The molecule has 0 radical (unpaired) electrons. The van der Waals surface area contributed by atoms with Gasteiger partial charge in [0.2, 0.25) is 5.58 Å². The minimum atomic E-state index is 0.483. The highest BCUT2D eigenvalue weighted by Crippen LogP contribution is 2.33. The van der Waals surface area contributed by atoms with Crippen LogP contribution in [-0.4, -0.2) is 21.7 Å². The highest BCUT2D eigenvalue weighted by Gasteiger charge is 2.19. The van der Waals surface area contributed by atoms with E-state index in [-0.39, 0.29) is 0 Å². The normalized spacial score (nSPS) is 11.2. The van der Waals surface area contributed by atoms with Crippen LogP contribution in [0.15, 0.2) is 22.7 Å². The first-order valence-electron chi connectivity index (χ1n) is 8.44. The first-order valence-corrected chi connectivity index (χ1v) is 8.44. The summed E-state index contributed by atoms with van der Waals surface area (Å²) >= 11 is 0. The number of rotatable bonds is 6. The molecule has 1 aromatic carbocycles. The van der Waals surface area contributed by atoms with Crippen LogP contribution in [0.2, 0.25) is 0 Å². The predicted molar refractivity (Wildman–Crippen MR) is 94.3 cm³/mol. The largest absolute Gasteiger partial charge is 0.475 e. The zero-order valence-corrected chi connectivity index (χ0v) is 14.7. The fourth-order valence-corrected chi connectivity index (χ4v) is 2.79. The molecule has 0 unspecified atom stereocenters. The van der Waals surface area contributed by atoms with E-state index in [1.165, 1.54) is 5.56 Å². The van der Waals surface area contributed by atoms with Crippen molar-refractivity contribution in [1.29, 1.82) is 0 Å². The van der Waals surface area contributed by atoms with E-state index in [1.807, 2.05) is 6.92 Å². The van der Waals surface area contributed by atoms with Crippen LogP contribution in [0.3, 0.4) is 0 Å². The van der Waals surface area contributed by atoms with Crippen LogP contribution in [0.5, 0.6) is 5.88 Å². The summed E-state index contributed by atoms with van der Waals surface area (Å²) in [7, 11) is 0. The highest BCUT2D eigenvalue weighted by atomic mass is 16.5. The van der Waals surface area contributed by atoms with Gasteiger partial charge in [-0.1, -0.05) is 48.7 Å². The smallest absolute Gasteiger partial charge is 0.264 e. The number of nitrogens with zero attached hydrogens (tertiary/aromatic N) is 3. The van der Waals surface area contributed by atoms with Crippen molar-refractivity contribution in [3.05, 3.63) is 35.2 Å². The zero-order chi connectivity index (χ0) is 17.1. The lowest BCUT2D eigenvalue weighted by Crippen LogP contribution is -2.01. The summed E-state index contributed by atoms with van der Waals surface area (Å²) in [5, 5.41) is 4.24. The van der Waals surface area contributed by atoms with E-state index in [4.69, 9.17) is 9.26 Å². The number of benzene rings is 1. The van der Waals surface area contributed by atoms with Gasteiger partial charge in [0, 0.05) is 5.56 Å². The number of ether oxygens (including phenoxy) is 1. The molecule has 2 aromatic heterocycles. The van der Waals surface area contributed by atoms with Gasteiger partial charge in [0.05, 0.1) is 6.61 Å². The minimum Gasteiger partial charge on any atom is -0.475 e. The van der Waals surface area contributed by atoms with Crippen molar-refractivity contribution in [1.82, 2.24) is 15.1 Å². The Morgan fingerprint density at radius 1 is 1.08 bits per heavy atom. The SMILES string of the molecule is CCCCCOc1nc(C)nc2c(-c3ccc(C)cc3C)noc12. The topological polar surface area (TPSA) is 61.0 Å². The fourth-order valence-electron chi connectivity index (χ4n) is 2.79. The molecule has 2 heterocycles. The van der Waals surface area contributed by atoms with Gasteiger partial charge in [-0.3, -0.25) is 0 Å². The standard InChI is InChI=1S/C19H23N3O2/c1-5-6-7-10-23-19-18-17(20-14(4)21-19)16(22-24-18)15-9-8-12(2)11-13(15)3/h8-9,11H,5-7,10H2,1-4H3. The average Bonchev–Trinajstić information content (AvgIpc) is 2.95. The summed E-state index contributed by atoms with van der Waals surface area (Å²) < 4.78 is 11.3. The Kier molecular flexibility index (Phi) is 4.79. The molecule has 0 spiro atoms. The molecule has 3 rings (SSSR count). The molecule has 0 aliphatic heterocycles. The molecule has 0 aliphatic carbocycles. The van der Waals surface area contributed by atoms with Crippen molar-refractivity contribution >= 4 is 11.1 Å². The number of hydrogen-bond acceptors (Lipinski definition) is 5. The van der Waals surface area contributed by atoms with Crippen molar-refractivity contribution in [2.75, 3.05) is 6.61 Å². The minimum absolute atomic E-state index is 0.483. The highest BCUT2D eigenvalue weighted by molar-refractivity contribution is 5.91. The molecule has 3 aromatic rings. The third-order valence-corrected chi connectivity index (χ3v) is 4.02. The van der Waals surface area contributed by atoms with Crippen LogP contribution in [-0.2, 0) is 0 Å². The van der Waals surface area contributed by atoms with Crippen molar-refractivity contribution < 1.29 is 9.26 Å². The monoisotopic (exact) mass is 325 g/mol. The van der Waals surface area contributed by atoms with E-state index in [9.17, 15) is 0 Å². The number of fused-ring (bicyclic) bond motifs is 1. The maximum atomic E-state index is 5.82. The molecule has 0 aliphatic rings. The molecule has 0 saturated carbocycles. The lowest BCUT2D eigenvalue weighted by molar-refractivity contribution is 0.290. The van der Waals surface area contributed by atoms with Crippen LogP contribution in [0.1, 0.15) is 43.1 Å². The number of aromatic nitrogens is 3. The summed E-state index contributed by atoms with van der Waals surface area (Å²) in [6, 6.07) is 6.26. The predicted octanol–water partition coefficient (Wildman–Crippen LogP) is 4.78. The molecule has 5 heteroatoms. The Hall–Kier alpha value is -2.43.